The third kappa shape index (κ3) is 3.55. The molecule has 0 saturated carbocycles. The molecule has 2 aromatic heterocycles. The second kappa shape index (κ2) is 6.45. The Balaban J connectivity index is 1.89. The standard InChI is InChI=1S/C14H9ClN4O2S2/c15-8-3-1-7(2-4-8)10-6-23-14(17-10)16-5-9-11(20)18-13(22)19-12(9)21/h1-6H,(H3,18,19,20,21,22). The van der Waals surface area contributed by atoms with Crippen molar-refractivity contribution in [3.63, 3.8) is 0 Å². The maximum absolute atomic E-state index is 11.7. The highest BCUT2D eigenvalue weighted by atomic mass is 35.5. The van der Waals surface area contributed by atoms with E-state index in [1.165, 1.54) is 17.6 Å². The highest BCUT2D eigenvalue weighted by Crippen LogP contribution is 2.27. The van der Waals surface area contributed by atoms with Crippen molar-refractivity contribution in [3.8, 4) is 17.1 Å². The van der Waals surface area contributed by atoms with E-state index < -0.39 is 5.56 Å². The molecule has 3 aromatic rings. The summed E-state index contributed by atoms with van der Waals surface area (Å²) in [7, 11) is 0. The number of aliphatic imine (C=N–C) groups is 1. The lowest BCUT2D eigenvalue weighted by Gasteiger charge is -1.96. The van der Waals surface area contributed by atoms with Gasteiger partial charge in [0.25, 0.3) is 5.56 Å². The van der Waals surface area contributed by atoms with Crippen LogP contribution < -0.4 is 5.56 Å². The molecule has 0 unspecified atom stereocenters. The Morgan fingerprint density at radius 1 is 1.30 bits per heavy atom. The summed E-state index contributed by atoms with van der Waals surface area (Å²) < 4.78 is 0.0453. The van der Waals surface area contributed by atoms with Crippen LogP contribution >= 0.6 is 35.2 Å². The van der Waals surface area contributed by atoms with Gasteiger partial charge < -0.3 is 10.1 Å². The first-order valence-electron chi connectivity index (χ1n) is 6.34. The van der Waals surface area contributed by atoms with E-state index in [0.717, 1.165) is 11.3 Å². The van der Waals surface area contributed by atoms with Crippen molar-refractivity contribution in [1.82, 2.24) is 15.0 Å². The fourth-order valence-corrected chi connectivity index (χ4v) is 2.79. The molecule has 6 nitrogen and oxygen atoms in total. The summed E-state index contributed by atoms with van der Waals surface area (Å²) in [5.74, 6) is -0.336. The molecule has 0 aliphatic heterocycles. The lowest BCUT2D eigenvalue weighted by molar-refractivity contribution is 0.449. The first-order valence-corrected chi connectivity index (χ1v) is 8.00. The summed E-state index contributed by atoms with van der Waals surface area (Å²) in [6.45, 7) is 0. The van der Waals surface area contributed by atoms with E-state index in [-0.39, 0.29) is 16.2 Å². The van der Waals surface area contributed by atoms with Crippen LogP contribution in [-0.4, -0.2) is 26.3 Å². The summed E-state index contributed by atoms with van der Waals surface area (Å²) in [6, 6.07) is 7.28. The molecule has 2 heterocycles. The summed E-state index contributed by atoms with van der Waals surface area (Å²) in [4.78, 5) is 25.0. The highest BCUT2D eigenvalue weighted by molar-refractivity contribution is 7.71. The van der Waals surface area contributed by atoms with E-state index in [2.05, 4.69) is 19.9 Å². The average Bonchev–Trinajstić information content (AvgIpc) is 2.96. The Kier molecular flexibility index (Phi) is 4.37. The maximum Gasteiger partial charge on any atom is 0.264 e. The van der Waals surface area contributed by atoms with Gasteiger partial charge >= 0.3 is 0 Å². The summed E-state index contributed by atoms with van der Waals surface area (Å²) in [5.41, 5.74) is 1.13. The highest BCUT2D eigenvalue weighted by Gasteiger charge is 2.06. The van der Waals surface area contributed by atoms with E-state index in [0.29, 0.717) is 10.2 Å². The molecule has 1 aromatic carbocycles. The van der Waals surface area contributed by atoms with Gasteiger partial charge in [-0.15, -0.1) is 11.3 Å². The maximum atomic E-state index is 11.7. The normalized spacial score (nSPS) is 11.2. The number of aromatic amines is 2. The van der Waals surface area contributed by atoms with Crippen LogP contribution in [0.1, 0.15) is 5.56 Å². The molecule has 0 amide bonds. The number of aromatic hydroxyl groups is 1. The van der Waals surface area contributed by atoms with Gasteiger partial charge in [-0.25, -0.2) is 9.98 Å². The zero-order valence-electron chi connectivity index (χ0n) is 11.4. The Bertz CT molecular complexity index is 989. The van der Waals surface area contributed by atoms with Crippen LogP contribution in [0.25, 0.3) is 11.3 Å². The predicted molar refractivity (Wildman–Crippen MR) is 93.7 cm³/mol. The molecule has 0 atom stereocenters. The average molecular weight is 365 g/mol. The lowest BCUT2D eigenvalue weighted by atomic mass is 10.2. The minimum atomic E-state index is -0.524. The first kappa shape index (κ1) is 15.6. The van der Waals surface area contributed by atoms with Crippen LogP contribution in [0.4, 0.5) is 5.13 Å². The van der Waals surface area contributed by atoms with E-state index in [4.69, 9.17) is 23.8 Å². The molecule has 0 aliphatic carbocycles. The van der Waals surface area contributed by atoms with Crippen molar-refractivity contribution >= 4 is 46.5 Å². The van der Waals surface area contributed by atoms with Gasteiger partial charge in [-0.1, -0.05) is 23.7 Å². The molecule has 0 spiro atoms. The van der Waals surface area contributed by atoms with Gasteiger partial charge in [-0.3, -0.25) is 9.78 Å². The van der Waals surface area contributed by atoms with Crippen molar-refractivity contribution in [2.45, 2.75) is 0 Å². The zero-order valence-corrected chi connectivity index (χ0v) is 13.8. The van der Waals surface area contributed by atoms with E-state index in [9.17, 15) is 9.90 Å². The quantitative estimate of drug-likeness (QED) is 0.488. The van der Waals surface area contributed by atoms with Crippen molar-refractivity contribution in [2.75, 3.05) is 0 Å². The van der Waals surface area contributed by atoms with Crippen LogP contribution in [-0.2, 0) is 0 Å². The smallest absolute Gasteiger partial charge is 0.264 e. The third-order valence-corrected chi connectivity index (χ3v) is 4.10. The number of rotatable bonds is 3. The summed E-state index contributed by atoms with van der Waals surface area (Å²) >= 11 is 11.9. The minimum absolute atomic E-state index is 0.0122. The van der Waals surface area contributed by atoms with Gasteiger partial charge in [0.05, 0.1) is 5.69 Å². The Morgan fingerprint density at radius 3 is 2.74 bits per heavy atom. The van der Waals surface area contributed by atoms with Crippen LogP contribution in [0.3, 0.4) is 0 Å². The molecule has 3 rings (SSSR count). The van der Waals surface area contributed by atoms with Gasteiger partial charge in [0, 0.05) is 22.2 Å². The molecule has 23 heavy (non-hydrogen) atoms. The Hall–Kier alpha value is -2.29. The van der Waals surface area contributed by atoms with Crippen LogP contribution in [0.15, 0.2) is 39.4 Å². The molecule has 0 radical (unpaired) electrons. The van der Waals surface area contributed by atoms with Crippen molar-refractivity contribution < 1.29 is 5.11 Å². The van der Waals surface area contributed by atoms with Gasteiger partial charge in [-0.05, 0) is 24.4 Å². The Labute approximate surface area is 144 Å². The molecule has 0 aliphatic rings. The first-order chi connectivity index (χ1) is 11.0. The number of benzene rings is 1. The van der Waals surface area contributed by atoms with Crippen LogP contribution in [0.2, 0.25) is 5.02 Å². The topological polar surface area (TPSA) is 94.1 Å². The third-order valence-electron chi connectivity index (χ3n) is 2.89. The number of nitrogens with zero attached hydrogens (tertiary/aromatic N) is 2. The van der Waals surface area contributed by atoms with Gasteiger partial charge in [0.2, 0.25) is 11.0 Å². The minimum Gasteiger partial charge on any atom is -0.494 e. The monoisotopic (exact) mass is 364 g/mol. The molecule has 0 bridgehead atoms. The number of halogens is 1. The second-order valence-corrected chi connectivity index (χ2v) is 6.13. The number of nitrogens with one attached hydrogen (secondary N) is 2. The summed E-state index contributed by atoms with van der Waals surface area (Å²) in [6.07, 6.45) is 1.24. The zero-order chi connectivity index (χ0) is 16.4. The number of H-pyrrole nitrogens is 2. The fourth-order valence-electron chi connectivity index (χ4n) is 1.80. The van der Waals surface area contributed by atoms with Crippen molar-refractivity contribution in [3.05, 3.63) is 55.4 Å². The number of hydrogen-bond donors (Lipinski definition) is 3. The predicted octanol–water partition coefficient (Wildman–Crippen LogP) is 3.67. The van der Waals surface area contributed by atoms with Gasteiger partial charge in [-0.2, -0.15) is 0 Å². The molecular formula is C14H9ClN4O2S2. The molecule has 0 saturated heterocycles. The van der Waals surface area contributed by atoms with E-state index in [1.807, 2.05) is 17.5 Å². The SMILES string of the molecule is O=c1[nH]c(=S)[nH]c(O)c1C=Nc1nc(-c2ccc(Cl)cc2)cs1. The molecule has 9 heteroatoms. The summed E-state index contributed by atoms with van der Waals surface area (Å²) in [5, 5.41) is 12.6. The fraction of sp³-hybridized carbons (Fsp3) is 0. The number of hydrogen-bond acceptors (Lipinski definition) is 6. The molecule has 0 fully saturated rings. The largest absolute Gasteiger partial charge is 0.494 e. The number of aromatic nitrogens is 3. The molecule has 116 valence electrons. The van der Waals surface area contributed by atoms with Gasteiger partial charge in [0.1, 0.15) is 5.56 Å². The molecular weight excluding hydrogens is 356 g/mol. The van der Waals surface area contributed by atoms with Gasteiger partial charge in [0.15, 0.2) is 4.77 Å². The van der Waals surface area contributed by atoms with Crippen LogP contribution in [0.5, 0.6) is 5.88 Å². The van der Waals surface area contributed by atoms with E-state index in [1.54, 1.807) is 12.1 Å². The molecule has 3 N–H and O–H groups in total. The Morgan fingerprint density at radius 2 is 2.04 bits per heavy atom. The lowest BCUT2D eigenvalue weighted by Crippen LogP contribution is -2.13. The van der Waals surface area contributed by atoms with E-state index >= 15 is 0 Å². The second-order valence-electron chi connectivity index (χ2n) is 4.45. The van der Waals surface area contributed by atoms with Crippen molar-refractivity contribution in [2.24, 2.45) is 4.99 Å². The van der Waals surface area contributed by atoms with Crippen molar-refractivity contribution in [1.29, 1.82) is 0 Å². The van der Waals surface area contributed by atoms with Crippen LogP contribution in [0, 0.1) is 4.77 Å². The number of thiazole rings is 1.